The summed E-state index contributed by atoms with van der Waals surface area (Å²) < 4.78 is 58.3. The normalized spacial score (nSPS) is 17.9. The summed E-state index contributed by atoms with van der Waals surface area (Å²) >= 11 is 0. The van der Waals surface area contributed by atoms with Gasteiger partial charge in [0.25, 0.3) is 6.43 Å². The predicted octanol–water partition coefficient (Wildman–Crippen LogP) is 4.80. The third-order valence-electron chi connectivity index (χ3n) is 7.30. The van der Waals surface area contributed by atoms with Gasteiger partial charge in [0.05, 0.1) is 29.6 Å². The molecular formula is C26H26F4N8. The van der Waals surface area contributed by atoms with Crippen molar-refractivity contribution < 1.29 is 17.6 Å². The number of anilines is 3. The SMILES string of the molecule is CCN1CCN(c2ccc(Nc3ncc(F)c(-c4cc(F)c5nc6n(c5c4)C(C(F)F)CC6)n3)nc2)CC1. The lowest BCUT2D eigenvalue weighted by atomic mass is 10.1. The lowest BCUT2D eigenvalue weighted by Gasteiger charge is -2.35. The molecule has 0 spiro atoms. The topological polar surface area (TPSA) is 75.0 Å². The molecule has 0 saturated carbocycles. The molecule has 1 fully saturated rings. The Morgan fingerprint density at radius 1 is 1.00 bits per heavy atom. The quantitative estimate of drug-likeness (QED) is 0.362. The smallest absolute Gasteiger partial charge is 0.259 e. The summed E-state index contributed by atoms with van der Waals surface area (Å²) in [6, 6.07) is 5.21. The number of rotatable bonds is 6. The molecule has 4 aromatic rings. The zero-order valence-electron chi connectivity index (χ0n) is 20.7. The average Bonchev–Trinajstić information content (AvgIpc) is 3.51. The number of fused-ring (bicyclic) bond motifs is 3. The Hall–Kier alpha value is -3.80. The molecule has 38 heavy (non-hydrogen) atoms. The highest BCUT2D eigenvalue weighted by atomic mass is 19.3. The number of benzene rings is 1. The molecule has 198 valence electrons. The number of nitrogens with zero attached hydrogens (tertiary/aromatic N) is 7. The summed E-state index contributed by atoms with van der Waals surface area (Å²) in [6.45, 7) is 7.04. The minimum atomic E-state index is -2.62. The van der Waals surface area contributed by atoms with Gasteiger partial charge in [0.2, 0.25) is 5.95 Å². The van der Waals surface area contributed by atoms with Crippen LogP contribution in [0.25, 0.3) is 22.3 Å². The Labute approximate surface area is 216 Å². The fourth-order valence-electron chi connectivity index (χ4n) is 5.24. The van der Waals surface area contributed by atoms with Crippen LogP contribution in [0.1, 0.15) is 25.2 Å². The van der Waals surface area contributed by atoms with Crippen LogP contribution in [0.2, 0.25) is 0 Å². The summed E-state index contributed by atoms with van der Waals surface area (Å²) in [5.74, 6) is -0.558. The molecule has 3 aromatic heterocycles. The largest absolute Gasteiger partial charge is 0.368 e. The van der Waals surface area contributed by atoms with Gasteiger partial charge in [0.1, 0.15) is 22.9 Å². The van der Waals surface area contributed by atoms with Gasteiger partial charge >= 0.3 is 0 Å². The minimum Gasteiger partial charge on any atom is -0.368 e. The first-order valence-corrected chi connectivity index (χ1v) is 12.6. The first-order valence-electron chi connectivity index (χ1n) is 12.6. The Morgan fingerprint density at radius 2 is 1.82 bits per heavy atom. The molecule has 0 radical (unpaired) electrons. The zero-order valence-corrected chi connectivity index (χ0v) is 20.7. The number of hydrogen-bond acceptors (Lipinski definition) is 7. The van der Waals surface area contributed by atoms with Crippen LogP contribution in [-0.4, -0.2) is 68.6 Å². The predicted molar refractivity (Wildman–Crippen MR) is 136 cm³/mol. The third kappa shape index (κ3) is 4.42. The molecule has 2 aliphatic heterocycles. The molecular weight excluding hydrogens is 500 g/mol. The van der Waals surface area contributed by atoms with E-state index in [4.69, 9.17) is 0 Å². The summed E-state index contributed by atoms with van der Waals surface area (Å²) in [5.41, 5.74) is 1.14. The molecule has 1 saturated heterocycles. The van der Waals surface area contributed by atoms with Crippen molar-refractivity contribution in [3.05, 3.63) is 54.1 Å². The molecule has 1 N–H and O–H groups in total. The van der Waals surface area contributed by atoms with Gasteiger partial charge in [0.15, 0.2) is 11.6 Å². The van der Waals surface area contributed by atoms with Crippen LogP contribution in [-0.2, 0) is 6.42 Å². The van der Waals surface area contributed by atoms with Gasteiger partial charge in [-0.2, -0.15) is 0 Å². The summed E-state index contributed by atoms with van der Waals surface area (Å²) in [4.78, 5) is 21.6. The van der Waals surface area contributed by atoms with Crippen LogP contribution in [0.5, 0.6) is 0 Å². The van der Waals surface area contributed by atoms with E-state index < -0.39 is 24.1 Å². The standard InChI is InChI=1S/C26H26F4N8/c1-2-36-7-9-37(10-8-36)16-3-5-21(31-13-16)33-26-32-14-18(28)23(35-26)15-11-17(27)24-20(12-15)38-19(25(29)30)4-6-22(38)34-24/h3,5,11-14,19,25H,2,4,6-10H2,1H3,(H,31,32,33,35). The Bertz CT molecular complexity index is 1460. The van der Waals surface area contributed by atoms with Gasteiger partial charge < -0.3 is 19.7 Å². The Morgan fingerprint density at radius 3 is 2.53 bits per heavy atom. The molecule has 6 rings (SSSR count). The zero-order chi connectivity index (χ0) is 26.4. The number of imidazole rings is 1. The number of halogens is 4. The van der Waals surface area contributed by atoms with Crippen molar-refractivity contribution in [3.8, 4) is 11.3 Å². The second-order valence-corrected chi connectivity index (χ2v) is 9.50. The number of hydrogen-bond donors (Lipinski definition) is 1. The number of pyridine rings is 1. The highest BCUT2D eigenvalue weighted by Crippen LogP contribution is 2.37. The van der Waals surface area contributed by atoms with Crippen LogP contribution < -0.4 is 10.2 Å². The Kier molecular flexibility index (Phi) is 6.34. The van der Waals surface area contributed by atoms with Crippen molar-refractivity contribution in [1.29, 1.82) is 0 Å². The molecule has 5 heterocycles. The minimum absolute atomic E-state index is 0.0117. The number of piperazine rings is 1. The van der Waals surface area contributed by atoms with E-state index >= 15 is 0 Å². The average molecular weight is 527 g/mol. The highest BCUT2D eigenvalue weighted by molar-refractivity contribution is 5.83. The van der Waals surface area contributed by atoms with Crippen LogP contribution in [0, 0.1) is 11.6 Å². The lowest BCUT2D eigenvalue weighted by Crippen LogP contribution is -2.46. The highest BCUT2D eigenvalue weighted by Gasteiger charge is 2.33. The number of aryl methyl sites for hydroxylation is 1. The van der Waals surface area contributed by atoms with Crippen LogP contribution in [0.15, 0.2) is 36.7 Å². The van der Waals surface area contributed by atoms with E-state index in [-0.39, 0.29) is 34.7 Å². The van der Waals surface area contributed by atoms with E-state index in [9.17, 15) is 17.6 Å². The third-order valence-corrected chi connectivity index (χ3v) is 7.30. The maximum Gasteiger partial charge on any atom is 0.259 e. The van der Waals surface area contributed by atoms with Crippen molar-refractivity contribution in [1.82, 2.24) is 29.4 Å². The van der Waals surface area contributed by atoms with Gasteiger partial charge in [0, 0.05) is 38.2 Å². The molecule has 1 unspecified atom stereocenters. The summed E-state index contributed by atoms with van der Waals surface area (Å²) in [6.07, 6.45) is 0.675. The van der Waals surface area contributed by atoms with E-state index in [1.165, 1.54) is 10.6 Å². The van der Waals surface area contributed by atoms with Crippen LogP contribution in [0.3, 0.4) is 0 Å². The van der Waals surface area contributed by atoms with Crippen molar-refractivity contribution in [2.24, 2.45) is 0 Å². The second-order valence-electron chi connectivity index (χ2n) is 9.50. The van der Waals surface area contributed by atoms with Crippen molar-refractivity contribution in [3.63, 3.8) is 0 Å². The molecule has 2 aliphatic rings. The number of nitrogens with one attached hydrogen (secondary N) is 1. The molecule has 1 atom stereocenters. The van der Waals surface area contributed by atoms with Gasteiger partial charge in [-0.3, -0.25) is 0 Å². The second kappa shape index (κ2) is 9.82. The van der Waals surface area contributed by atoms with E-state index in [0.29, 0.717) is 18.1 Å². The molecule has 0 bridgehead atoms. The lowest BCUT2D eigenvalue weighted by molar-refractivity contribution is 0.0883. The molecule has 0 aliphatic carbocycles. The molecule has 8 nitrogen and oxygen atoms in total. The molecule has 1 aromatic carbocycles. The summed E-state index contributed by atoms with van der Waals surface area (Å²) in [7, 11) is 0. The Balaban J connectivity index is 1.26. The maximum absolute atomic E-state index is 15.0. The van der Waals surface area contributed by atoms with Gasteiger partial charge in [-0.1, -0.05) is 6.92 Å². The van der Waals surface area contributed by atoms with Crippen molar-refractivity contribution in [2.75, 3.05) is 42.9 Å². The first-order chi connectivity index (χ1) is 18.4. The van der Waals surface area contributed by atoms with Crippen LogP contribution in [0.4, 0.5) is 35.0 Å². The van der Waals surface area contributed by atoms with E-state index in [0.717, 1.165) is 50.7 Å². The number of likely N-dealkylation sites (N-methyl/N-ethyl adjacent to an activating group) is 1. The number of aromatic nitrogens is 5. The first kappa shape index (κ1) is 24.5. The fourth-order valence-corrected chi connectivity index (χ4v) is 5.24. The fraction of sp³-hybridized carbons (Fsp3) is 0.385. The summed E-state index contributed by atoms with van der Waals surface area (Å²) in [5, 5.41) is 2.96. The van der Waals surface area contributed by atoms with Gasteiger partial charge in [-0.15, -0.1) is 0 Å². The van der Waals surface area contributed by atoms with Crippen molar-refractivity contribution >= 4 is 28.5 Å². The van der Waals surface area contributed by atoms with E-state index in [2.05, 4.69) is 42.0 Å². The van der Waals surface area contributed by atoms with Crippen molar-refractivity contribution in [2.45, 2.75) is 32.2 Å². The number of alkyl halides is 2. The van der Waals surface area contributed by atoms with Gasteiger partial charge in [-0.05, 0) is 37.2 Å². The monoisotopic (exact) mass is 526 g/mol. The van der Waals surface area contributed by atoms with Gasteiger partial charge in [-0.25, -0.2) is 37.5 Å². The maximum atomic E-state index is 15.0. The molecule has 0 amide bonds. The van der Waals surface area contributed by atoms with E-state index in [1.54, 1.807) is 12.3 Å². The van der Waals surface area contributed by atoms with Crippen LogP contribution >= 0.6 is 0 Å². The molecule has 12 heteroatoms. The van der Waals surface area contributed by atoms with E-state index in [1.807, 2.05) is 6.07 Å².